The summed E-state index contributed by atoms with van der Waals surface area (Å²) in [6.45, 7) is 1.49. The minimum Gasteiger partial charge on any atom is -0.317 e. The zero-order valence-corrected chi connectivity index (χ0v) is 8.00. The molecule has 0 saturated heterocycles. The fourth-order valence-electron chi connectivity index (χ4n) is 0.988. The molecule has 0 aliphatic heterocycles. The third kappa shape index (κ3) is 2.50. The van der Waals surface area contributed by atoms with E-state index in [-0.39, 0.29) is 11.3 Å². The average molecular weight is 211 g/mol. The van der Waals surface area contributed by atoms with E-state index in [0.717, 1.165) is 0 Å². The van der Waals surface area contributed by atoms with Gasteiger partial charge in [0.25, 0.3) is 0 Å². The molecule has 0 aliphatic rings. The lowest BCUT2D eigenvalue weighted by Crippen LogP contribution is -2.39. The van der Waals surface area contributed by atoms with Gasteiger partial charge in [0.15, 0.2) is 0 Å². The number of carbonyl (C=O) groups excluding carboxylic acids is 2. The molecule has 4 N–H and O–H groups in total. The maximum absolute atomic E-state index is 13.0. The van der Waals surface area contributed by atoms with Crippen molar-refractivity contribution in [3.8, 4) is 0 Å². The number of hydrazine groups is 1. The molecule has 0 aliphatic carbocycles. The van der Waals surface area contributed by atoms with Crippen molar-refractivity contribution in [2.45, 2.75) is 6.92 Å². The number of nitrogens with two attached hydrogens (primary N) is 1. The number of nitrogens with one attached hydrogen (secondary N) is 2. The molecular weight excluding hydrogens is 201 g/mol. The Morgan fingerprint density at radius 2 is 2.00 bits per heavy atom. The van der Waals surface area contributed by atoms with Crippen LogP contribution in [0.15, 0.2) is 18.2 Å². The fraction of sp³-hybridized carbons (Fsp3) is 0.111. The quantitative estimate of drug-likeness (QED) is 0.266. The fourth-order valence-corrected chi connectivity index (χ4v) is 0.988. The lowest BCUT2D eigenvalue weighted by atomic mass is 10.2. The first-order valence-electron chi connectivity index (χ1n) is 4.13. The molecule has 1 rings (SSSR count). The van der Waals surface area contributed by atoms with Crippen molar-refractivity contribution in [2.24, 2.45) is 5.84 Å². The van der Waals surface area contributed by atoms with Crippen molar-refractivity contribution < 1.29 is 14.0 Å². The van der Waals surface area contributed by atoms with Crippen LogP contribution in [0.5, 0.6) is 0 Å². The second-order valence-electron chi connectivity index (χ2n) is 2.84. The van der Waals surface area contributed by atoms with Crippen LogP contribution in [0.3, 0.4) is 0 Å². The van der Waals surface area contributed by atoms with Crippen LogP contribution in [-0.4, -0.2) is 11.8 Å². The summed E-state index contributed by atoms with van der Waals surface area (Å²) >= 11 is 0. The van der Waals surface area contributed by atoms with E-state index >= 15 is 0 Å². The van der Waals surface area contributed by atoms with Crippen molar-refractivity contribution in [2.75, 3.05) is 5.32 Å². The van der Waals surface area contributed by atoms with E-state index < -0.39 is 17.6 Å². The van der Waals surface area contributed by atoms with Gasteiger partial charge in [-0.25, -0.2) is 10.2 Å². The summed E-state index contributed by atoms with van der Waals surface area (Å²) in [5.74, 6) is 2.38. The smallest absolute Gasteiger partial charge is 0.317 e. The van der Waals surface area contributed by atoms with E-state index in [4.69, 9.17) is 5.84 Å². The van der Waals surface area contributed by atoms with Gasteiger partial charge in [-0.2, -0.15) is 0 Å². The summed E-state index contributed by atoms with van der Waals surface area (Å²) in [6.07, 6.45) is 0. The van der Waals surface area contributed by atoms with Gasteiger partial charge in [0, 0.05) is 11.3 Å². The van der Waals surface area contributed by atoms with E-state index in [1.165, 1.54) is 25.1 Å². The Morgan fingerprint density at radius 3 is 2.60 bits per heavy atom. The van der Waals surface area contributed by atoms with Crippen molar-refractivity contribution in [3.05, 3.63) is 29.6 Å². The molecule has 0 saturated carbocycles. The minimum atomic E-state index is -0.987. The van der Waals surface area contributed by atoms with Gasteiger partial charge in [0.1, 0.15) is 5.82 Å². The second-order valence-corrected chi connectivity index (χ2v) is 2.84. The molecule has 0 bridgehead atoms. The molecule has 80 valence electrons. The zero-order valence-electron chi connectivity index (χ0n) is 8.00. The predicted molar refractivity (Wildman–Crippen MR) is 52.1 cm³/mol. The second kappa shape index (κ2) is 4.52. The van der Waals surface area contributed by atoms with E-state index in [1.807, 2.05) is 0 Å². The van der Waals surface area contributed by atoms with Crippen LogP contribution in [0, 0.1) is 12.7 Å². The van der Waals surface area contributed by atoms with E-state index in [0.29, 0.717) is 0 Å². The molecule has 0 heterocycles. The summed E-state index contributed by atoms with van der Waals surface area (Å²) in [5, 5.41) is 2.23. The summed E-state index contributed by atoms with van der Waals surface area (Å²) in [6, 6.07) is 4.17. The predicted octanol–water partition coefficient (Wildman–Crippen LogP) is 0.0625. The van der Waals surface area contributed by atoms with Gasteiger partial charge >= 0.3 is 11.8 Å². The number of anilines is 1. The number of halogens is 1. The van der Waals surface area contributed by atoms with Crippen LogP contribution < -0.4 is 16.6 Å². The van der Waals surface area contributed by atoms with E-state index in [9.17, 15) is 14.0 Å². The summed E-state index contributed by atoms with van der Waals surface area (Å²) < 4.78 is 13.0. The monoisotopic (exact) mass is 211 g/mol. The Kier molecular flexibility index (Phi) is 3.35. The van der Waals surface area contributed by atoms with Crippen molar-refractivity contribution in [1.82, 2.24) is 5.43 Å². The van der Waals surface area contributed by atoms with Crippen LogP contribution in [0.2, 0.25) is 0 Å². The maximum atomic E-state index is 13.0. The highest BCUT2D eigenvalue weighted by Crippen LogP contribution is 2.16. The topological polar surface area (TPSA) is 84.2 Å². The SMILES string of the molecule is Cc1c(F)cccc1NC(=O)C(=O)NN. The highest BCUT2D eigenvalue weighted by atomic mass is 19.1. The molecule has 0 radical (unpaired) electrons. The van der Waals surface area contributed by atoms with Gasteiger partial charge < -0.3 is 5.32 Å². The highest BCUT2D eigenvalue weighted by molar-refractivity contribution is 6.39. The largest absolute Gasteiger partial charge is 0.323 e. The Hall–Kier alpha value is -1.95. The molecule has 15 heavy (non-hydrogen) atoms. The van der Waals surface area contributed by atoms with Gasteiger partial charge in [0.05, 0.1) is 0 Å². The molecule has 5 nitrogen and oxygen atoms in total. The molecule has 0 fully saturated rings. The summed E-state index contributed by atoms with van der Waals surface area (Å²) in [7, 11) is 0. The van der Waals surface area contributed by atoms with Crippen LogP contribution >= 0.6 is 0 Å². The Balaban J connectivity index is 2.86. The Morgan fingerprint density at radius 1 is 1.33 bits per heavy atom. The first kappa shape index (κ1) is 11.1. The van der Waals surface area contributed by atoms with Crippen LogP contribution in [0.1, 0.15) is 5.56 Å². The third-order valence-electron chi connectivity index (χ3n) is 1.85. The van der Waals surface area contributed by atoms with Crippen LogP contribution in [-0.2, 0) is 9.59 Å². The lowest BCUT2D eigenvalue weighted by Gasteiger charge is -2.07. The van der Waals surface area contributed by atoms with Crippen LogP contribution in [0.4, 0.5) is 10.1 Å². The number of hydrogen-bond acceptors (Lipinski definition) is 3. The van der Waals surface area contributed by atoms with Gasteiger partial charge in [-0.05, 0) is 19.1 Å². The zero-order chi connectivity index (χ0) is 11.4. The van der Waals surface area contributed by atoms with Crippen molar-refractivity contribution in [1.29, 1.82) is 0 Å². The maximum Gasteiger partial charge on any atom is 0.323 e. The summed E-state index contributed by atoms with van der Waals surface area (Å²) in [4.78, 5) is 21.9. The molecule has 6 heteroatoms. The Bertz CT molecular complexity index is 406. The molecule has 0 aromatic heterocycles. The van der Waals surface area contributed by atoms with E-state index in [1.54, 1.807) is 5.43 Å². The molecule has 1 aromatic rings. The normalized spacial score (nSPS) is 9.53. The lowest BCUT2D eigenvalue weighted by molar-refractivity contribution is -0.136. The average Bonchev–Trinajstić information content (AvgIpc) is 2.23. The number of rotatable bonds is 1. The van der Waals surface area contributed by atoms with Crippen molar-refractivity contribution >= 4 is 17.5 Å². The van der Waals surface area contributed by atoms with Gasteiger partial charge in [-0.15, -0.1) is 0 Å². The molecular formula is C9H10FN3O2. The number of carbonyl (C=O) groups is 2. The molecule has 2 amide bonds. The van der Waals surface area contributed by atoms with Crippen molar-refractivity contribution in [3.63, 3.8) is 0 Å². The summed E-state index contributed by atoms with van der Waals surface area (Å²) in [5.41, 5.74) is 2.17. The first-order chi connectivity index (χ1) is 7.06. The van der Waals surface area contributed by atoms with Gasteiger partial charge in [-0.3, -0.25) is 15.0 Å². The van der Waals surface area contributed by atoms with Gasteiger partial charge in [0.2, 0.25) is 0 Å². The number of hydrogen-bond donors (Lipinski definition) is 3. The van der Waals surface area contributed by atoms with Gasteiger partial charge in [-0.1, -0.05) is 6.07 Å². The minimum absolute atomic E-state index is 0.239. The standard InChI is InChI=1S/C9H10FN3O2/c1-5-6(10)3-2-4-7(5)12-8(14)9(15)13-11/h2-4H,11H2,1H3,(H,12,14)(H,13,15). The molecule has 1 aromatic carbocycles. The number of amides is 2. The van der Waals surface area contributed by atoms with E-state index in [2.05, 4.69) is 5.32 Å². The number of benzene rings is 1. The Labute approximate surface area is 85.4 Å². The highest BCUT2D eigenvalue weighted by Gasteiger charge is 2.13. The molecule has 0 unspecified atom stereocenters. The first-order valence-corrected chi connectivity index (χ1v) is 4.13. The molecule has 0 spiro atoms. The third-order valence-corrected chi connectivity index (χ3v) is 1.85. The molecule has 0 atom stereocenters. The van der Waals surface area contributed by atoms with Crippen LogP contribution in [0.25, 0.3) is 0 Å².